The molecule has 0 aromatic carbocycles. The minimum absolute atomic E-state index is 0.0128. The Balaban J connectivity index is 0.000000272. The van der Waals surface area contributed by atoms with Crippen molar-refractivity contribution in [2.45, 2.75) is 46.7 Å². The SMILES string of the molecule is CC(C)C.CC1CNC(C)C(=O)N1.c1ccoc1. The summed E-state index contributed by atoms with van der Waals surface area (Å²) in [4.78, 5) is 10.8. The Labute approximate surface area is 110 Å². The summed E-state index contributed by atoms with van der Waals surface area (Å²) in [5.74, 6) is 0.939. The zero-order valence-corrected chi connectivity index (χ0v) is 12.1. The highest BCUT2D eigenvalue weighted by Gasteiger charge is 2.19. The monoisotopic (exact) mass is 254 g/mol. The molecule has 0 saturated carbocycles. The van der Waals surface area contributed by atoms with Crippen LogP contribution in [0.3, 0.4) is 0 Å². The summed E-state index contributed by atoms with van der Waals surface area (Å²) < 4.78 is 4.58. The predicted octanol–water partition coefficient (Wildman–Crippen LogP) is 2.42. The number of carbonyl (C=O) groups is 1. The lowest BCUT2D eigenvalue weighted by Crippen LogP contribution is -2.55. The van der Waals surface area contributed by atoms with Gasteiger partial charge < -0.3 is 15.1 Å². The van der Waals surface area contributed by atoms with Gasteiger partial charge in [0.1, 0.15) is 0 Å². The fourth-order valence-corrected chi connectivity index (χ4v) is 1.09. The first-order valence-corrected chi connectivity index (χ1v) is 6.44. The first-order valence-electron chi connectivity index (χ1n) is 6.44. The van der Waals surface area contributed by atoms with Gasteiger partial charge in [0.05, 0.1) is 18.6 Å². The molecule has 1 aliphatic rings. The van der Waals surface area contributed by atoms with E-state index >= 15 is 0 Å². The van der Waals surface area contributed by atoms with Gasteiger partial charge in [0, 0.05) is 12.6 Å². The third-order valence-electron chi connectivity index (χ3n) is 1.94. The van der Waals surface area contributed by atoms with Crippen LogP contribution in [0.4, 0.5) is 0 Å². The number of hydrogen-bond donors (Lipinski definition) is 2. The standard InChI is InChI=1S/C6H12N2O.C4H4O.C4H10/c1-4-3-7-5(2)6(9)8-4;1-2-4-5-3-1;1-4(2)3/h4-5,7H,3H2,1-2H3,(H,8,9);1-4H;4H,1-3H3. The number of carbonyl (C=O) groups excluding carboxylic acids is 1. The summed E-state index contributed by atoms with van der Waals surface area (Å²) in [5, 5.41) is 5.90. The molecule has 1 saturated heterocycles. The summed E-state index contributed by atoms with van der Waals surface area (Å²) in [5.41, 5.74) is 0. The number of piperazine rings is 1. The predicted molar refractivity (Wildman–Crippen MR) is 74.3 cm³/mol. The van der Waals surface area contributed by atoms with Gasteiger partial charge in [0.15, 0.2) is 0 Å². The van der Waals surface area contributed by atoms with E-state index < -0.39 is 0 Å². The molecule has 0 spiro atoms. The molecule has 4 nitrogen and oxygen atoms in total. The Hall–Kier alpha value is -1.29. The number of furan rings is 1. The van der Waals surface area contributed by atoms with Crippen molar-refractivity contribution >= 4 is 5.91 Å². The van der Waals surface area contributed by atoms with Gasteiger partial charge in [-0.1, -0.05) is 20.8 Å². The van der Waals surface area contributed by atoms with E-state index in [0.29, 0.717) is 0 Å². The van der Waals surface area contributed by atoms with Gasteiger partial charge in [0.25, 0.3) is 0 Å². The first-order chi connectivity index (χ1) is 8.43. The zero-order chi connectivity index (χ0) is 14.0. The third-order valence-corrected chi connectivity index (χ3v) is 1.94. The summed E-state index contributed by atoms with van der Waals surface area (Å²) in [6.07, 6.45) is 3.25. The van der Waals surface area contributed by atoms with Crippen LogP contribution >= 0.6 is 0 Å². The summed E-state index contributed by atoms with van der Waals surface area (Å²) in [7, 11) is 0. The van der Waals surface area contributed by atoms with Crippen LogP contribution in [0, 0.1) is 5.92 Å². The van der Waals surface area contributed by atoms with E-state index in [2.05, 4.69) is 35.8 Å². The van der Waals surface area contributed by atoms with Crippen LogP contribution in [-0.2, 0) is 4.79 Å². The van der Waals surface area contributed by atoms with Gasteiger partial charge in [-0.3, -0.25) is 4.79 Å². The molecule has 4 heteroatoms. The van der Waals surface area contributed by atoms with Crippen molar-refractivity contribution in [2.24, 2.45) is 5.92 Å². The average Bonchev–Trinajstić information content (AvgIpc) is 2.81. The molecular weight excluding hydrogens is 228 g/mol. The minimum atomic E-state index is -0.0128. The molecule has 2 atom stereocenters. The molecule has 2 rings (SSSR count). The van der Waals surface area contributed by atoms with Gasteiger partial charge in [-0.2, -0.15) is 0 Å². The lowest BCUT2D eigenvalue weighted by Gasteiger charge is -2.25. The first kappa shape index (κ1) is 16.7. The Morgan fingerprint density at radius 2 is 1.72 bits per heavy atom. The van der Waals surface area contributed by atoms with Crippen molar-refractivity contribution in [3.8, 4) is 0 Å². The lowest BCUT2D eigenvalue weighted by atomic mass is 10.2. The van der Waals surface area contributed by atoms with E-state index in [9.17, 15) is 4.79 Å². The maximum atomic E-state index is 10.8. The smallest absolute Gasteiger partial charge is 0.237 e. The maximum Gasteiger partial charge on any atom is 0.237 e. The molecule has 1 aliphatic heterocycles. The van der Waals surface area contributed by atoms with Gasteiger partial charge in [0.2, 0.25) is 5.91 Å². The van der Waals surface area contributed by atoms with E-state index in [4.69, 9.17) is 0 Å². The highest BCUT2D eigenvalue weighted by Crippen LogP contribution is 1.91. The zero-order valence-electron chi connectivity index (χ0n) is 12.1. The Morgan fingerprint density at radius 1 is 1.22 bits per heavy atom. The summed E-state index contributed by atoms with van der Waals surface area (Å²) >= 11 is 0. The minimum Gasteiger partial charge on any atom is -0.473 e. The third kappa shape index (κ3) is 9.90. The van der Waals surface area contributed by atoms with Gasteiger partial charge in [-0.25, -0.2) is 0 Å². The van der Waals surface area contributed by atoms with Crippen LogP contribution in [0.25, 0.3) is 0 Å². The highest BCUT2D eigenvalue weighted by molar-refractivity contribution is 5.82. The largest absolute Gasteiger partial charge is 0.473 e. The van der Waals surface area contributed by atoms with E-state index in [1.54, 1.807) is 12.5 Å². The van der Waals surface area contributed by atoms with Crippen molar-refractivity contribution in [3.63, 3.8) is 0 Å². The number of amides is 1. The molecule has 1 amide bonds. The van der Waals surface area contributed by atoms with Crippen LogP contribution in [0.15, 0.2) is 29.1 Å². The van der Waals surface area contributed by atoms with Gasteiger partial charge in [-0.05, 0) is 31.9 Å². The molecule has 104 valence electrons. The van der Waals surface area contributed by atoms with Crippen molar-refractivity contribution < 1.29 is 9.21 Å². The number of rotatable bonds is 0. The molecule has 1 fully saturated rings. The average molecular weight is 254 g/mol. The Bertz CT molecular complexity index is 277. The van der Waals surface area contributed by atoms with Crippen LogP contribution in [0.1, 0.15) is 34.6 Å². The molecule has 0 aliphatic carbocycles. The molecule has 0 bridgehead atoms. The van der Waals surface area contributed by atoms with E-state index in [1.807, 2.05) is 26.0 Å². The normalized spacial score (nSPS) is 22.2. The molecular formula is C14H26N2O2. The van der Waals surface area contributed by atoms with Crippen molar-refractivity contribution in [3.05, 3.63) is 24.7 Å². The molecule has 2 unspecified atom stereocenters. The number of hydrogen-bond acceptors (Lipinski definition) is 3. The van der Waals surface area contributed by atoms with E-state index in [1.165, 1.54) is 0 Å². The second-order valence-corrected chi connectivity index (χ2v) is 5.06. The lowest BCUT2D eigenvalue weighted by molar-refractivity contribution is -0.124. The summed E-state index contributed by atoms with van der Waals surface area (Å²) in [6.45, 7) is 11.2. The van der Waals surface area contributed by atoms with Crippen molar-refractivity contribution in [1.82, 2.24) is 10.6 Å². The van der Waals surface area contributed by atoms with Crippen molar-refractivity contribution in [1.29, 1.82) is 0 Å². The topological polar surface area (TPSA) is 54.3 Å². The van der Waals surface area contributed by atoms with Crippen LogP contribution in [0.2, 0.25) is 0 Å². The molecule has 2 heterocycles. The highest BCUT2D eigenvalue weighted by atomic mass is 16.3. The van der Waals surface area contributed by atoms with Crippen LogP contribution in [-0.4, -0.2) is 24.5 Å². The molecule has 18 heavy (non-hydrogen) atoms. The quantitative estimate of drug-likeness (QED) is 0.747. The summed E-state index contributed by atoms with van der Waals surface area (Å²) in [6, 6.07) is 3.94. The molecule has 1 aromatic heterocycles. The van der Waals surface area contributed by atoms with Gasteiger partial charge in [-0.15, -0.1) is 0 Å². The Kier molecular flexibility index (Phi) is 9.01. The molecule has 1 aromatic rings. The Morgan fingerprint density at radius 3 is 2.00 bits per heavy atom. The van der Waals surface area contributed by atoms with E-state index in [-0.39, 0.29) is 18.0 Å². The van der Waals surface area contributed by atoms with Crippen LogP contribution < -0.4 is 10.6 Å². The molecule has 0 radical (unpaired) electrons. The number of nitrogens with one attached hydrogen (secondary N) is 2. The van der Waals surface area contributed by atoms with E-state index in [0.717, 1.165) is 12.5 Å². The van der Waals surface area contributed by atoms with Gasteiger partial charge >= 0.3 is 0 Å². The fourth-order valence-electron chi connectivity index (χ4n) is 1.09. The second kappa shape index (κ2) is 9.71. The fraction of sp³-hybridized carbons (Fsp3) is 0.643. The second-order valence-electron chi connectivity index (χ2n) is 5.06. The maximum absolute atomic E-state index is 10.8. The van der Waals surface area contributed by atoms with Crippen molar-refractivity contribution in [2.75, 3.05) is 6.54 Å². The molecule has 2 N–H and O–H groups in total. The van der Waals surface area contributed by atoms with Crippen LogP contribution in [0.5, 0.6) is 0 Å².